The molecule has 1 atom stereocenters. The van der Waals surface area contributed by atoms with Crippen molar-refractivity contribution in [3.05, 3.63) is 46.5 Å². The molecule has 1 aliphatic heterocycles. The van der Waals surface area contributed by atoms with Gasteiger partial charge in [-0.2, -0.15) is 10.2 Å². The van der Waals surface area contributed by atoms with Gasteiger partial charge in [-0.25, -0.2) is 4.68 Å². The van der Waals surface area contributed by atoms with Gasteiger partial charge < -0.3 is 4.90 Å². The summed E-state index contributed by atoms with van der Waals surface area (Å²) >= 11 is 6.74. The van der Waals surface area contributed by atoms with Gasteiger partial charge in [0.25, 0.3) is 0 Å². The van der Waals surface area contributed by atoms with Crippen molar-refractivity contribution in [2.75, 3.05) is 11.4 Å². The van der Waals surface area contributed by atoms with E-state index in [1.165, 1.54) is 0 Å². The van der Waals surface area contributed by atoms with Crippen LogP contribution in [-0.4, -0.2) is 36.3 Å². The Hall–Kier alpha value is -2.41. The van der Waals surface area contributed by atoms with Crippen LogP contribution in [0.25, 0.3) is 5.82 Å². The molecule has 3 aromatic rings. The lowest BCUT2D eigenvalue weighted by Crippen LogP contribution is -2.24. The zero-order chi connectivity index (χ0) is 19.8. The molecule has 28 heavy (non-hydrogen) atoms. The summed E-state index contributed by atoms with van der Waals surface area (Å²) in [5.74, 6) is 2.07. The number of hydrogen-bond donors (Lipinski definition) is 0. The molecule has 4 rings (SSSR count). The van der Waals surface area contributed by atoms with Gasteiger partial charge in [0, 0.05) is 24.8 Å². The van der Waals surface area contributed by atoms with Crippen LogP contribution >= 0.6 is 11.6 Å². The van der Waals surface area contributed by atoms with Crippen molar-refractivity contribution in [2.24, 2.45) is 5.92 Å². The van der Waals surface area contributed by atoms with Crippen molar-refractivity contribution < 1.29 is 0 Å². The minimum Gasteiger partial charge on any atom is -0.348 e. The normalized spacial score (nSPS) is 17.1. The topological polar surface area (TPSA) is 64.7 Å². The Morgan fingerprint density at radius 3 is 2.50 bits per heavy atom. The Morgan fingerprint density at radius 1 is 1.11 bits per heavy atom. The van der Waals surface area contributed by atoms with Gasteiger partial charge >= 0.3 is 0 Å². The van der Waals surface area contributed by atoms with E-state index in [0.29, 0.717) is 11.7 Å². The summed E-state index contributed by atoms with van der Waals surface area (Å²) in [7, 11) is 0. The Kier molecular flexibility index (Phi) is 5.10. The van der Waals surface area contributed by atoms with Crippen LogP contribution in [0.2, 0.25) is 5.15 Å². The van der Waals surface area contributed by atoms with E-state index in [1.807, 2.05) is 42.9 Å². The highest BCUT2D eigenvalue weighted by Crippen LogP contribution is 2.39. The molecule has 0 saturated carbocycles. The van der Waals surface area contributed by atoms with Gasteiger partial charge in [0.15, 0.2) is 11.6 Å². The van der Waals surface area contributed by atoms with Crippen LogP contribution in [0.5, 0.6) is 0 Å². The molecule has 1 unspecified atom stereocenters. The van der Waals surface area contributed by atoms with E-state index in [0.717, 1.165) is 53.9 Å². The van der Waals surface area contributed by atoms with E-state index >= 15 is 0 Å². The summed E-state index contributed by atoms with van der Waals surface area (Å²) in [5, 5.41) is 18.7. The lowest BCUT2D eigenvalue weighted by atomic mass is 10.1. The molecular formula is C20H26ClN7. The maximum Gasteiger partial charge on any atom is 0.175 e. The molecule has 0 aliphatic carbocycles. The minimum atomic E-state index is 0.181. The zero-order valence-corrected chi connectivity index (χ0v) is 17.6. The van der Waals surface area contributed by atoms with E-state index in [9.17, 15) is 0 Å². The van der Waals surface area contributed by atoms with Crippen molar-refractivity contribution in [3.8, 4) is 5.82 Å². The van der Waals surface area contributed by atoms with Crippen LogP contribution in [0.15, 0.2) is 24.4 Å². The number of anilines is 1. The Bertz CT molecular complexity index is 958. The molecule has 1 fully saturated rings. The predicted octanol–water partition coefficient (Wildman–Crippen LogP) is 4.13. The SMILES string of the molecule is Cc1ccn(-c2ccc(N3CCCC3c3c(C)nn(CC(C)C)c3Cl)nn2)n1. The average Bonchev–Trinajstić information content (AvgIpc) is 3.35. The summed E-state index contributed by atoms with van der Waals surface area (Å²) in [5.41, 5.74) is 3.07. The largest absolute Gasteiger partial charge is 0.348 e. The second-order valence-corrected chi connectivity index (χ2v) is 8.23. The number of rotatable bonds is 5. The summed E-state index contributed by atoms with van der Waals surface area (Å²) in [6.45, 7) is 10.1. The van der Waals surface area contributed by atoms with Gasteiger partial charge in [0.05, 0.1) is 17.4 Å². The fourth-order valence-electron chi connectivity index (χ4n) is 3.89. The van der Waals surface area contributed by atoms with E-state index in [4.69, 9.17) is 11.6 Å². The molecule has 8 heteroatoms. The van der Waals surface area contributed by atoms with Gasteiger partial charge in [-0.15, -0.1) is 10.2 Å². The second-order valence-electron chi connectivity index (χ2n) is 7.87. The zero-order valence-electron chi connectivity index (χ0n) is 16.8. The van der Waals surface area contributed by atoms with Gasteiger partial charge in [0.2, 0.25) is 0 Å². The average molecular weight is 400 g/mol. The molecule has 0 amide bonds. The first-order chi connectivity index (χ1) is 13.4. The summed E-state index contributed by atoms with van der Waals surface area (Å²) in [6, 6.07) is 6.10. The fraction of sp³-hybridized carbons (Fsp3) is 0.500. The van der Waals surface area contributed by atoms with Crippen molar-refractivity contribution in [1.82, 2.24) is 29.8 Å². The van der Waals surface area contributed by atoms with Crippen molar-refractivity contribution in [3.63, 3.8) is 0 Å². The molecule has 1 saturated heterocycles. The third-order valence-electron chi connectivity index (χ3n) is 5.12. The van der Waals surface area contributed by atoms with Gasteiger partial charge in [0.1, 0.15) is 5.15 Å². The molecule has 4 heterocycles. The molecule has 3 aromatic heterocycles. The molecule has 0 N–H and O–H groups in total. The lowest BCUT2D eigenvalue weighted by molar-refractivity contribution is 0.481. The van der Waals surface area contributed by atoms with Gasteiger partial charge in [-0.3, -0.25) is 4.68 Å². The first-order valence-corrected chi connectivity index (χ1v) is 10.2. The Morgan fingerprint density at radius 2 is 1.86 bits per heavy atom. The molecular weight excluding hydrogens is 374 g/mol. The number of aromatic nitrogens is 6. The predicted molar refractivity (Wildman–Crippen MR) is 110 cm³/mol. The second kappa shape index (κ2) is 7.54. The van der Waals surface area contributed by atoms with Gasteiger partial charge in [-0.05, 0) is 50.8 Å². The maximum absolute atomic E-state index is 6.74. The van der Waals surface area contributed by atoms with Crippen molar-refractivity contribution >= 4 is 17.4 Å². The molecule has 7 nitrogen and oxygen atoms in total. The van der Waals surface area contributed by atoms with E-state index in [1.54, 1.807) is 4.68 Å². The highest BCUT2D eigenvalue weighted by molar-refractivity contribution is 6.30. The van der Waals surface area contributed by atoms with Crippen LogP contribution in [0, 0.1) is 19.8 Å². The highest BCUT2D eigenvalue weighted by atomic mass is 35.5. The summed E-state index contributed by atoms with van der Waals surface area (Å²) in [4.78, 5) is 2.29. The van der Waals surface area contributed by atoms with Crippen LogP contribution in [0.1, 0.15) is 49.7 Å². The standard InChI is InChI=1S/C20H26ClN7/c1-13(2)12-28-20(21)19(15(4)25-28)16-6-5-10-26(16)17-7-8-18(23-22-17)27-11-9-14(3)24-27/h7-9,11,13,16H,5-6,10,12H2,1-4H3. The molecule has 0 aromatic carbocycles. The maximum atomic E-state index is 6.74. The number of hydrogen-bond acceptors (Lipinski definition) is 5. The molecule has 0 spiro atoms. The van der Waals surface area contributed by atoms with E-state index in [-0.39, 0.29) is 6.04 Å². The first kappa shape index (κ1) is 18.9. The minimum absolute atomic E-state index is 0.181. The van der Waals surface area contributed by atoms with Crippen LogP contribution in [0.4, 0.5) is 5.82 Å². The quantitative estimate of drug-likeness (QED) is 0.645. The number of aryl methyl sites for hydroxylation is 2. The lowest BCUT2D eigenvalue weighted by Gasteiger charge is -2.25. The Labute approximate surface area is 170 Å². The van der Waals surface area contributed by atoms with Crippen LogP contribution < -0.4 is 4.90 Å². The highest BCUT2D eigenvalue weighted by Gasteiger charge is 2.32. The van der Waals surface area contributed by atoms with Gasteiger partial charge in [-0.1, -0.05) is 25.4 Å². The van der Waals surface area contributed by atoms with Crippen molar-refractivity contribution in [1.29, 1.82) is 0 Å². The summed E-state index contributed by atoms with van der Waals surface area (Å²) in [6.07, 6.45) is 4.03. The third kappa shape index (κ3) is 3.51. The van der Waals surface area contributed by atoms with Crippen molar-refractivity contribution in [2.45, 2.75) is 53.1 Å². The Balaban J connectivity index is 1.61. The fourth-order valence-corrected chi connectivity index (χ4v) is 4.26. The number of nitrogens with zero attached hydrogens (tertiary/aromatic N) is 7. The third-order valence-corrected chi connectivity index (χ3v) is 5.52. The molecule has 0 bridgehead atoms. The smallest absolute Gasteiger partial charge is 0.175 e. The molecule has 0 radical (unpaired) electrons. The monoisotopic (exact) mass is 399 g/mol. The van der Waals surface area contributed by atoms with E-state index < -0.39 is 0 Å². The molecule has 148 valence electrons. The van der Waals surface area contributed by atoms with E-state index in [2.05, 4.69) is 39.1 Å². The first-order valence-electron chi connectivity index (χ1n) is 9.80. The number of halogens is 1. The van der Waals surface area contributed by atoms with Crippen LogP contribution in [0.3, 0.4) is 0 Å². The van der Waals surface area contributed by atoms with Crippen LogP contribution in [-0.2, 0) is 6.54 Å². The molecule has 1 aliphatic rings. The summed E-state index contributed by atoms with van der Waals surface area (Å²) < 4.78 is 3.67.